The van der Waals surface area contributed by atoms with E-state index in [-0.39, 0.29) is 10.7 Å². The molecule has 0 unspecified atom stereocenters. The van der Waals surface area contributed by atoms with Crippen molar-refractivity contribution in [2.45, 2.75) is 4.90 Å². The first-order valence-corrected chi connectivity index (χ1v) is 9.40. The van der Waals surface area contributed by atoms with Crippen LogP contribution < -0.4 is 18.9 Å². The number of sulfonamides is 1. The lowest BCUT2D eigenvalue weighted by Gasteiger charge is -2.12. The van der Waals surface area contributed by atoms with E-state index in [1.807, 2.05) is 0 Å². The average Bonchev–Trinajstić information content (AvgIpc) is 2.70. The van der Waals surface area contributed by atoms with E-state index >= 15 is 0 Å². The van der Waals surface area contributed by atoms with Crippen LogP contribution >= 0.6 is 0 Å². The molecule has 0 amide bonds. The summed E-state index contributed by atoms with van der Waals surface area (Å²) >= 11 is 0. The van der Waals surface area contributed by atoms with Gasteiger partial charge in [0.15, 0.2) is 17.3 Å². The molecule has 0 radical (unpaired) electrons. The minimum absolute atomic E-state index is 0.0927. The van der Waals surface area contributed by atoms with Gasteiger partial charge in [0.05, 0.1) is 26.2 Å². The number of hydrogen-bond acceptors (Lipinski definition) is 6. The Kier molecular flexibility index (Phi) is 6.59. The second-order valence-electron chi connectivity index (χ2n) is 5.39. The maximum absolute atomic E-state index is 12.3. The first kappa shape index (κ1) is 20.5. The van der Waals surface area contributed by atoms with Crippen molar-refractivity contribution >= 4 is 21.9 Å². The van der Waals surface area contributed by atoms with Gasteiger partial charge in [-0.2, -0.15) is 0 Å². The van der Waals surface area contributed by atoms with E-state index in [4.69, 9.17) is 14.2 Å². The van der Waals surface area contributed by atoms with Gasteiger partial charge in [0.25, 0.3) is 0 Å². The summed E-state index contributed by atoms with van der Waals surface area (Å²) in [5, 5.41) is 0. The van der Waals surface area contributed by atoms with Gasteiger partial charge in [0.1, 0.15) is 0 Å². The summed E-state index contributed by atoms with van der Waals surface area (Å²) in [6.45, 7) is 0. The topological polar surface area (TPSA) is 90.9 Å². The zero-order valence-electron chi connectivity index (χ0n) is 15.5. The van der Waals surface area contributed by atoms with E-state index in [9.17, 15) is 13.2 Å². The summed E-state index contributed by atoms with van der Waals surface area (Å²) in [4.78, 5) is 12.4. The lowest BCUT2D eigenvalue weighted by atomic mass is 10.1. The summed E-state index contributed by atoms with van der Waals surface area (Å²) in [5.41, 5.74) is 1.06. The van der Waals surface area contributed by atoms with Gasteiger partial charge < -0.3 is 14.2 Å². The molecule has 0 heterocycles. The zero-order chi connectivity index (χ0) is 20.0. The fourth-order valence-electron chi connectivity index (χ4n) is 2.38. The highest BCUT2D eigenvalue weighted by Gasteiger charge is 2.13. The molecule has 0 spiro atoms. The highest BCUT2D eigenvalue weighted by atomic mass is 32.2. The highest BCUT2D eigenvalue weighted by Crippen LogP contribution is 2.38. The van der Waals surface area contributed by atoms with Crippen molar-refractivity contribution in [1.29, 1.82) is 0 Å². The lowest BCUT2D eigenvalue weighted by Crippen LogP contribution is -2.18. The summed E-state index contributed by atoms with van der Waals surface area (Å²) in [5.74, 6) is 1.15. The molecule has 0 aliphatic carbocycles. The molecular formula is C19H21NO6S. The monoisotopic (exact) mass is 391 g/mol. The number of carbonyl (C=O) groups excluding carboxylic acids is 1. The fourth-order valence-corrected chi connectivity index (χ4v) is 3.11. The molecule has 1 N–H and O–H groups in total. The quantitative estimate of drug-likeness (QED) is 0.549. The molecule has 0 saturated heterocycles. The van der Waals surface area contributed by atoms with Crippen LogP contribution in [0.3, 0.4) is 0 Å². The molecule has 0 aliphatic rings. The first-order valence-electron chi connectivity index (χ1n) is 7.92. The number of nitrogens with one attached hydrogen (secondary N) is 1. The second-order valence-corrected chi connectivity index (χ2v) is 7.27. The molecule has 8 heteroatoms. The number of ketones is 1. The Hall–Kier alpha value is -2.84. The third-order valence-corrected chi connectivity index (χ3v) is 5.26. The summed E-state index contributed by atoms with van der Waals surface area (Å²) in [6, 6.07) is 9.12. The maximum atomic E-state index is 12.3. The predicted octanol–water partition coefficient (Wildman–Crippen LogP) is 2.52. The van der Waals surface area contributed by atoms with E-state index in [2.05, 4.69) is 4.72 Å². The smallest absolute Gasteiger partial charge is 0.240 e. The van der Waals surface area contributed by atoms with Crippen LogP contribution in [0.5, 0.6) is 17.2 Å². The standard InChI is InChI=1S/C19H21NO6S/c1-20-27(22,23)15-8-6-14(7-9-15)16(21)10-5-13-11-17(24-2)19(26-4)18(12-13)25-3/h5-12,20H,1-4H3/b10-5+. The summed E-state index contributed by atoms with van der Waals surface area (Å²) < 4.78 is 41.5. The van der Waals surface area contributed by atoms with Gasteiger partial charge in [-0.1, -0.05) is 6.08 Å². The Morgan fingerprint density at radius 2 is 1.52 bits per heavy atom. The minimum Gasteiger partial charge on any atom is -0.493 e. The summed E-state index contributed by atoms with van der Waals surface area (Å²) in [7, 11) is 2.32. The minimum atomic E-state index is -3.54. The number of allylic oxidation sites excluding steroid dienone is 1. The van der Waals surface area contributed by atoms with Crippen LogP contribution in [0.25, 0.3) is 6.08 Å². The largest absolute Gasteiger partial charge is 0.493 e. The second kappa shape index (κ2) is 8.70. The van der Waals surface area contributed by atoms with Crippen LogP contribution in [0.2, 0.25) is 0 Å². The molecule has 0 bridgehead atoms. The van der Waals surface area contributed by atoms with Crippen LogP contribution in [-0.2, 0) is 10.0 Å². The lowest BCUT2D eigenvalue weighted by molar-refractivity contribution is 0.104. The molecule has 7 nitrogen and oxygen atoms in total. The molecule has 0 aliphatic heterocycles. The maximum Gasteiger partial charge on any atom is 0.240 e. The molecule has 27 heavy (non-hydrogen) atoms. The Balaban J connectivity index is 2.26. The van der Waals surface area contributed by atoms with Crippen molar-refractivity contribution in [3.8, 4) is 17.2 Å². The average molecular weight is 391 g/mol. The normalized spacial score (nSPS) is 11.4. The molecule has 0 saturated carbocycles. The van der Waals surface area contributed by atoms with E-state index in [1.165, 1.54) is 58.7 Å². The van der Waals surface area contributed by atoms with Gasteiger partial charge in [-0.25, -0.2) is 13.1 Å². The van der Waals surface area contributed by atoms with E-state index < -0.39 is 10.0 Å². The van der Waals surface area contributed by atoms with Crippen molar-refractivity contribution in [1.82, 2.24) is 4.72 Å². The van der Waals surface area contributed by atoms with Crippen molar-refractivity contribution < 1.29 is 27.4 Å². The number of benzene rings is 2. The number of carbonyl (C=O) groups is 1. The van der Waals surface area contributed by atoms with Crippen LogP contribution in [0.15, 0.2) is 47.4 Å². The Bertz CT molecular complexity index is 924. The van der Waals surface area contributed by atoms with E-state index in [0.717, 1.165) is 0 Å². The van der Waals surface area contributed by atoms with Gasteiger partial charge in [-0.3, -0.25) is 4.79 Å². The Morgan fingerprint density at radius 1 is 0.963 bits per heavy atom. The SMILES string of the molecule is CNS(=O)(=O)c1ccc(C(=O)/C=C/c2cc(OC)c(OC)c(OC)c2)cc1. The molecule has 2 aromatic carbocycles. The fraction of sp³-hybridized carbons (Fsp3) is 0.211. The highest BCUT2D eigenvalue weighted by molar-refractivity contribution is 7.89. The molecule has 0 fully saturated rings. The molecule has 2 aromatic rings. The molecule has 0 aromatic heterocycles. The summed E-state index contributed by atoms with van der Waals surface area (Å²) in [6.07, 6.45) is 3.01. The molecule has 0 atom stereocenters. The first-order chi connectivity index (χ1) is 12.9. The third kappa shape index (κ3) is 4.66. The van der Waals surface area contributed by atoms with Gasteiger partial charge in [0, 0.05) is 5.56 Å². The van der Waals surface area contributed by atoms with E-state index in [0.29, 0.717) is 28.4 Å². The van der Waals surface area contributed by atoms with Crippen LogP contribution in [0, 0.1) is 0 Å². The number of methoxy groups -OCH3 is 3. The van der Waals surface area contributed by atoms with Gasteiger partial charge in [0.2, 0.25) is 15.8 Å². The van der Waals surface area contributed by atoms with Crippen molar-refractivity contribution in [2.24, 2.45) is 0 Å². The Labute approximate surface area is 158 Å². The number of ether oxygens (including phenoxy) is 3. The number of hydrogen-bond donors (Lipinski definition) is 1. The van der Waals surface area contributed by atoms with Crippen molar-refractivity contribution in [3.63, 3.8) is 0 Å². The van der Waals surface area contributed by atoms with Gasteiger partial charge in [-0.15, -0.1) is 0 Å². The van der Waals surface area contributed by atoms with Crippen LogP contribution in [-0.4, -0.2) is 42.6 Å². The molecule has 144 valence electrons. The molecular weight excluding hydrogens is 370 g/mol. The van der Waals surface area contributed by atoms with Gasteiger partial charge in [-0.05, 0) is 55.1 Å². The van der Waals surface area contributed by atoms with E-state index in [1.54, 1.807) is 18.2 Å². The zero-order valence-corrected chi connectivity index (χ0v) is 16.3. The van der Waals surface area contributed by atoms with Crippen LogP contribution in [0.1, 0.15) is 15.9 Å². The van der Waals surface area contributed by atoms with Gasteiger partial charge >= 0.3 is 0 Å². The Morgan fingerprint density at radius 3 is 1.96 bits per heavy atom. The third-order valence-electron chi connectivity index (χ3n) is 3.83. The van der Waals surface area contributed by atoms with Crippen molar-refractivity contribution in [3.05, 3.63) is 53.6 Å². The number of rotatable bonds is 8. The van der Waals surface area contributed by atoms with Crippen molar-refractivity contribution in [2.75, 3.05) is 28.4 Å². The molecule has 2 rings (SSSR count). The predicted molar refractivity (Wildman–Crippen MR) is 102 cm³/mol. The van der Waals surface area contributed by atoms with Crippen LogP contribution in [0.4, 0.5) is 0 Å².